The molecule has 4 aromatic rings. The van der Waals surface area contributed by atoms with Crippen LogP contribution in [0.5, 0.6) is 11.5 Å². The van der Waals surface area contributed by atoms with E-state index in [-0.39, 0.29) is 23.8 Å². The second-order valence-corrected chi connectivity index (χ2v) is 9.18. The highest BCUT2D eigenvalue weighted by molar-refractivity contribution is 6.36. The fraction of sp³-hybridized carbons (Fsp3) is 0.269. The van der Waals surface area contributed by atoms with Crippen molar-refractivity contribution >= 4 is 30.7 Å². The summed E-state index contributed by atoms with van der Waals surface area (Å²) in [6.07, 6.45) is 4.05. The van der Waals surface area contributed by atoms with E-state index in [0.29, 0.717) is 30.3 Å². The van der Waals surface area contributed by atoms with Crippen LogP contribution < -0.4 is 10.8 Å². The zero-order chi connectivity index (χ0) is 24.4. The van der Waals surface area contributed by atoms with Crippen molar-refractivity contribution in [3.05, 3.63) is 66.4 Å². The molecule has 3 N–H and O–H groups in total. The van der Waals surface area contributed by atoms with Crippen molar-refractivity contribution in [2.24, 2.45) is 5.92 Å². The van der Waals surface area contributed by atoms with Crippen LogP contribution in [0.1, 0.15) is 18.4 Å². The van der Waals surface area contributed by atoms with Crippen LogP contribution in [0, 0.1) is 5.92 Å². The molecule has 5 rings (SSSR count). The molecule has 178 valence electrons. The topological polar surface area (TPSA) is 103 Å². The van der Waals surface area contributed by atoms with Crippen molar-refractivity contribution in [2.75, 3.05) is 25.0 Å². The number of nitrogens with one attached hydrogen (secondary N) is 1. The summed E-state index contributed by atoms with van der Waals surface area (Å²) in [5, 5.41) is 28.0. The lowest BCUT2D eigenvalue weighted by atomic mass is 9.97. The van der Waals surface area contributed by atoms with E-state index in [2.05, 4.69) is 10.4 Å². The molecule has 1 aliphatic heterocycles. The van der Waals surface area contributed by atoms with Crippen molar-refractivity contribution in [1.29, 1.82) is 0 Å². The van der Waals surface area contributed by atoms with Gasteiger partial charge in [-0.05, 0) is 54.1 Å². The Morgan fingerprint density at radius 2 is 2.00 bits per heavy atom. The van der Waals surface area contributed by atoms with E-state index in [1.54, 1.807) is 41.0 Å². The third kappa shape index (κ3) is 4.94. The Bertz CT molecular complexity index is 1370. The molecular weight excluding hydrogens is 441 g/mol. The molecule has 0 bridgehead atoms. The summed E-state index contributed by atoms with van der Waals surface area (Å²) in [5.41, 5.74) is 3.85. The summed E-state index contributed by atoms with van der Waals surface area (Å²) in [6.45, 7) is 2.13. The number of para-hydroxylation sites is 1. The molecule has 1 aliphatic rings. The van der Waals surface area contributed by atoms with Crippen molar-refractivity contribution in [3.8, 4) is 22.8 Å². The predicted molar refractivity (Wildman–Crippen MR) is 138 cm³/mol. The number of fused-ring (bicyclic) bond motifs is 1. The number of likely N-dealkylation sites (tertiary alicyclic amines) is 1. The first kappa shape index (κ1) is 22.8. The van der Waals surface area contributed by atoms with Crippen LogP contribution in [-0.4, -0.2) is 63.1 Å². The van der Waals surface area contributed by atoms with Gasteiger partial charge in [0, 0.05) is 37.5 Å². The van der Waals surface area contributed by atoms with E-state index in [0.717, 1.165) is 41.9 Å². The maximum Gasteiger partial charge on any atom is 0.227 e. The molecule has 1 unspecified atom stereocenters. The monoisotopic (exact) mass is 469 g/mol. The molecule has 2 aromatic carbocycles. The Hall–Kier alpha value is -4.01. The van der Waals surface area contributed by atoms with Crippen molar-refractivity contribution in [1.82, 2.24) is 19.5 Å². The zero-order valence-corrected chi connectivity index (χ0v) is 19.7. The average Bonchev–Trinajstić information content (AvgIpc) is 3.24. The first-order chi connectivity index (χ1) is 17.0. The molecule has 0 saturated carbocycles. The van der Waals surface area contributed by atoms with Gasteiger partial charge in [-0.1, -0.05) is 24.3 Å². The molecule has 0 radical (unpaired) electrons. The van der Waals surface area contributed by atoms with Crippen LogP contribution in [0.15, 0.2) is 60.8 Å². The number of aromatic hydroxyl groups is 2. The highest BCUT2D eigenvalue weighted by Gasteiger charge is 2.24. The maximum atomic E-state index is 12.9. The average molecular weight is 469 g/mol. The Morgan fingerprint density at radius 3 is 2.83 bits per heavy atom. The highest BCUT2D eigenvalue weighted by atomic mass is 16.3. The van der Waals surface area contributed by atoms with E-state index < -0.39 is 0 Å². The normalized spacial score (nSPS) is 15.9. The molecule has 1 saturated heterocycles. The van der Waals surface area contributed by atoms with Crippen LogP contribution in [0.2, 0.25) is 0 Å². The van der Waals surface area contributed by atoms with Gasteiger partial charge in [0.25, 0.3) is 0 Å². The smallest absolute Gasteiger partial charge is 0.227 e. The second-order valence-electron chi connectivity index (χ2n) is 9.18. The maximum absolute atomic E-state index is 12.9. The molecule has 35 heavy (non-hydrogen) atoms. The minimum atomic E-state index is 0.0798. The molecule has 8 nitrogen and oxygen atoms in total. The van der Waals surface area contributed by atoms with Gasteiger partial charge in [0.05, 0.1) is 12.1 Å². The lowest BCUT2D eigenvalue weighted by Gasteiger charge is -2.33. The minimum Gasteiger partial charge on any atom is -0.508 e. The largest absolute Gasteiger partial charge is 0.508 e. The van der Waals surface area contributed by atoms with Crippen LogP contribution >= 0.6 is 0 Å². The van der Waals surface area contributed by atoms with E-state index in [1.165, 1.54) is 0 Å². The fourth-order valence-corrected chi connectivity index (χ4v) is 4.69. The molecule has 2 aromatic heterocycles. The number of phenolic OH excluding ortho intramolecular Hbond substituents is 2. The van der Waals surface area contributed by atoms with Crippen LogP contribution in [0.3, 0.4) is 0 Å². The van der Waals surface area contributed by atoms with E-state index in [4.69, 9.17) is 4.98 Å². The standard InChI is InChI=1S/C26H28BN5O3/c27-21-15-29-32-24(13-22(30-26(21)32)20-8-1-2-9-23(20)34)28-14-18-6-4-10-31(16-18)25(35)12-17-5-3-7-19(33)11-17/h1-3,5,7-9,11,13,15,18,28,33-34H,4,6,10,12,14,16,27H2. The SMILES string of the molecule is Bc1cnn2c(NCC3CCCN(C(=O)Cc4cccc(O)c4)C3)cc(-c3ccccc3O)nc12. The number of benzene rings is 2. The number of piperidine rings is 1. The number of nitrogens with zero attached hydrogens (tertiary/aromatic N) is 4. The number of phenols is 2. The molecule has 0 aliphatic carbocycles. The van der Waals surface area contributed by atoms with E-state index in [1.807, 2.05) is 37.0 Å². The Morgan fingerprint density at radius 1 is 1.14 bits per heavy atom. The minimum absolute atomic E-state index is 0.0798. The van der Waals surface area contributed by atoms with Gasteiger partial charge < -0.3 is 20.4 Å². The molecule has 1 fully saturated rings. The van der Waals surface area contributed by atoms with Gasteiger partial charge in [0.1, 0.15) is 25.2 Å². The van der Waals surface area contributed by atoms with Gasteiger partial charge in [-0.2, -0.15) is 9.61 Å². The summed E-state index contributed by atoms with van der Waals surface area (Å²) < 4.78 is 1.78. The van der Waals surface area contributed by atoms with Gasteiger partial charge in [0.2, 0.25) is 5.91 Å². The van der Waals surface area contributed by atoms with Crippen molar-refractivity contribution < 1.29 is 15.0 Å². The molecule has 1 atom stereocenters. The quantitative estimate of drug-likeness (QED) is 0.373. The number of carbonyl (C=O) groups is 1. The van der Waals surface area contributed by atoms with E-state index in [9.17, 15) is 15.0 Å². The van der Waals surface area contributed by atoms with Crippen molar-refractivity contribution in [2.45, 2.75) is 19.3 Å². The zero-order valence-electron chi connectivity index (χ0n) is 19.7. The van der Waals surface area contributed by atoms with Crippen LogP contribution in [0.4, 0.5) is 5.82 Å². The first-order valence-corrected chi connectivity index (χ1v) is 11.9. The van der Waals surface area contributed by atoms with Gasteiger partial charge in [-0.25, -0.2) is 4.98 Å². The predicted octanol–water partition coefficient (Wildman–Crippen LogP) is 1.96. The fourth-order valence-electron chi connectivity index (χ4n) is 4.69. The third-order valence-electron chi connectivity index (χ3n) is 6.54. The molecule has 0 spiro atoms. The summed E-state index contributed by atoms with van der Waals surface area (Å²) in [4.78, 5) is 19.5. The number of aromatic nitrogens is 3. The van der Waals surface area contributed by atoms with Crippen LogP contribution in [-0.2, 0) is 11.2 Å². The van der Waals surface area contributed by atoms with Gasteiger partial charge >= 0.3 is 0 Å². The number of amides is 1. The molecule has 3 heterocycles. The lowest BCUT2D eigenvalue weighted by molar-refractivity contribution is -0.132. The van der Waals surface area contributed by atoms with Crippen molar-refractivity contribution in [3.63, 3.8) is 0 Å². The lowest BCUT2D eigenvalue weighted by Crippen LogP contribution is -2.42. The van der Waals surface area contributed by atoms with Gasteiger partial charge in [-0.15, -0.1) is 0 Å². The van der Waals surface area contributed by atoms with Gasteiger partial charge in [-0.3, -0.25) is 4.79 Å². The number of carbonyl (C=O) groups excluding carboxylic acids is 1. The highest BCUT2D eigenvalue weighted by Crippen LogP contribution is 2.29. The summed E-state index contributed by atoms with van der Waals surface area (Å²) in [5.74, 6) is 1.53. The third-order valence-corrected chi connectivity index (χ3v) is 6.54. The summed E-state index contributed by atoms with van der Waals surface area (Å²) >= 11 is 0. The summed E-state index contributed by atoms with van der Waals surface area (Å²) in [7, 11) is 1.96. The molecule has 1 amide bonds. The molecule has 9 heteroatoms. The number of hydrogen-bond acceptors (Lipinski definition) is 6. The first-order valence-electron chi connectivity index (χ1n) is 11.9. The summed E-state index contributed by atoms with van der Waals surface area (Å²) in [6, 6.07) is 16.0. The Kier molecular flexibility index (Phi) is 6.31. The number of rotatable bonds is 6. The van der Waals surface area contributed by atoms with Gasteiger partial charge in [0.15, 0.2) is 5.65 Å². The second kappa shape index (κ2) is 9.70. The Labute approximate surface area is 204 Å². The molecular formula is C26H28BN5O3. The van der Waals surface area contributed by atoms with E-state index >= 15 is 0 Å². The van der Waals surface area contributed by atoms with Crippen LogP contribution in [0.25, 0.3) is 16.9 Å². The number of anilines is 1. The Balaban J connectivity index is 1.31. The number of hydrogen-bond donors (Lipinski definition) is 3.